The van der Waals surface area contributed by atoms with Crippen LogP contribution in [0.4, 0.5) is 5.69 Å². The van der Waals surface area contributed by atoms with Crippen molar-refractivity contribution < 1.29 is 88.6 Å². The van der Waals surface area contributed by atoms with Crippen LogP contribution < -0.4 is 56.7 Å². The Hall–Kier alpha value is -11.5. The fourth-order valence-corrected chi connectivity index (χ4v) is 11.9. The van der Waals surface area contributed by atoms with Gasteiger partial charge in [-0.25, -0.2) is 4.79 Å². The Balaban J connectivity index is 1.05. The summed E-state index contributed by atoms with van der Waals surface area (Å²) in [7, 11) is 0. The molecule has 6 amide bonds. The van der Waals surface area contributed by atoms with Gasteiger partial charge in [-0.15, -0.1) is 0 Å². The average molecular weight is 1330 g/mol. The number of ether oxygens (including phenoxy) is 3. The van der Waals surface area contributed by atoms with Crippen LogP contribution in [0.2, 0.25) is 10.0 Å². The number of aliphatic hydroxyl groups excluding tert-OH is 1. The fourth-order valence-electron chi connectivity index (χ4n) is 11.2. The van der Waals surface area contributed by atoms with Gasteiger partial charge in [-0.3, -0.25) is 28.8 Å². The number of aliphatic carboxylic acids is 1. The number of phenolic OH excluding ortho intramolecular Hbond substituents is 6. The molecule has 0 aliphatic carbocycles. The topological polar surface area (TPSA) is 405 Å². The van der Waals surface area contributed by atoms with E-state index in [-0.39, 0.29) is 72.4 Å². The lowest BCUT2D eigenvalue weighted by Gasteiger charge is -2.31. The summed E-state index contributed by atoms with van der Waals surface area (Å²) >= 11 is 19.5. The number of benzene rings is 8. The number of thiocarbonyl (C=S) groups is 1. The summed E-state index contributed by atoms with van der Waals surface area (Å²) in [4.78, 5) is 105. The summed E-state index contributed by atoms with van der Waals surface area (Å²) in [6.45, 7) is 0. The lowest BCUT2D eigenvalue weighted by Crippen LogP contribution is -2.55. The zero-order valence-electron chi connectivity index (χ0n) is 48.0. The third kappa shape index (κ3) is 12.6. The molecule has 14 rings (SSSR count). The molecule has 6 aliphatic rings. The van der Waals surface area contributed by atoms with E-state index in [2.05, 4.69) is 42.5 Å². The van der Waals surface area contributed by atoms with Crippen LogP contribution in [0.3, 0.4) is 0 Å². The van der Waals surface area contributed by atoms with Crippen LogP contribution in [0.25, 0.3) is 11.1 Å². The number of halogens is 2. The predicted octanol–water partition coefficient (Wildman–Crippen LogP) is 7.01. The number of carboxylic acids is 1. The summed E-state index contributed by atoms with van der Waals surface area (Å²) in [5.41, 5.74) is -1.52. The van der Waals surface area contributed by atoms with Crippen molar-refractivity contribution in [1.29, 1.82) is 0 Å². The highest BCUT2D eigenvalue weighted by Gasteiger charge is 2.41. The number of hydrogen-bond acceptors (Lipinski definition) is 18. The molecular weight excluding hydrogens is 1280 g/mol. The first kappa shape index (κ1) is 62.7. The summed E-state index contributed by atoms with van der Waals surface area (Å²) in [6, 6.07) is 16.9. The number of fused-ring (bicyclic) bond motifs is 14. The number of para-hydroxylation sites is 1. The van der Waals surface area contributed by atoms with E-state index in [1.54, 1.807) is 30.3 Å². The van der Waals surface area contributed by atoms with Crippen molar-refractivity contribution in [1.82, 2.24) is 37.2 Å². The highest BCUT2D eigenvalue weighted by molar-refractivity contribution is 7.80. The minimum absolute atomic E-state index is 0.0641. The Morgan fingerprint density at radius 2 is 1.11 bits per heavy atom. The normalized spacial score (nSPS) is 20.9. The predicted molar refractivity (Wildman–Crippen MR) is 337 cm³/mol. The second kappa shape index (κ2) is 25.3. The molecule has 8 aromatic carbocycles. The fraction of sp³-hybridized carbons (Fsp3) is 0.138. The Morgan fingerprint density at radius 1 is 0.511 bits per heavy atom. The highest BCUT2D eigenvalue weighted by Crippen LogP contribution is 2.48. The van der Waals surface area contributed by atoms with Crippen LogP contribution in [0.1, 0.15) is 75.3 Å². The van der Waals surface area contributed by atoms with E-state index >= 15 is 19.2 Å². The number of carbonyl (C=O) groups excluding carboxylic acids is 6. The largest absolute Gasteiger partial charge is 0.508 e. The number of nitrogens with one attached hydrogen (secondary N) is 8. The van der Waals surface area contributed by atoms with Crippen molar-refractivity contribution >= 4 is 87.6 Å². The highest BCUT2D eigenvalue weighted by atomic mass is 35.5. The molecule has 29 heteroatoms. The lowest BCUT2D eigenvalue weighted by atomic mass is 9.89. The molecule has 6 aliphatic heterocycles. The van der Waals surface area contributed by atoms with Crippen molar-refractivity contribution in [2.24, 2.45) is 0 Å². The summed E-state index contributed by atoms with van der Waals surface area (Å²) in [5, 5.41) is 112. The number of carbonyl (C=O) groups is 7. The van der Waals surface area contributed by atoms with Crippen LogP contribution in [0.15, 0.2) is 146 Å². The smallest absolute Gasteiger partial charge is 0.330 e. The van der Waals surface area contributed by atoms with Gasteiger partial charge in [-0.2, -0.15) is 0 Å². The summed E-state index contributed by atoms with van der Waals surface area (Å²) in [6.07, 6.45) is -2.52. The van der Waals surface area contributed by atoms with Gasteiger partial charge in [0.25, 0.3) is 0 Å². The van der Waals surface area contributed by atoms with E-state index in [9.17, 15) is 55.2 Å². The summed E-state index contributed by atoms with van der Waals surface area (Å²) in [5.74, 6) is -15.1. The van der Waals surface area contributed by atoms with Crippen molar-refractivity contribution in [3.8, 4) is 80.1 Å². The zero-order valence-corrected chi connectivity index (χ0v) is 50.3. The van der Waals surface area contributed by atoms with Gasteiger partial charge >= 0.3 is 5.97 Å². The van der Waals surface area contributed by atoms with Crippen LogP contribution in [0, 0.1) is 0 Å². The minimum Gasteiger partial charge on any atom is -0.508 e. The van der Waals surface area contributed by atoms with E-state index in [1.807, 2.05) is 0 Å². The Morgan fingerprint density at radius 3 is 1.79 bits per heavy atom. The van der Waals surface area contributed by atoms with Gasteiger partial charge in [0, 0.05) is 40.9 Å². The third-order valence-corrected chi connectivity index (χ3v) is 16.5. The van der Waals surface area contributed by atoms with E-state index in [0.29, 0.717) is 11.3 Å². The van der Waals surface area contributed by atoms with Gasteiger partial charge in [0.2, 0.25) is 41.2 Å². The molecule has 0 aromatic heterocycles. The molecule has 17 bridgehead atoms. The molecule has 16 N–H and O–H groups in total. The molecule has 26 nitrogen and oxygen atoms in total. The van der Waals surface area contributed by atoms with Gasteiger partial charge in [-0.1, -0.05) is 65.7 Å². The van der Waals surface area contributed by atoms with Crippen LogP contribution >= 0.6 is 35.4 Å². The molecule has 8 aromatic rings. The van der Waals surface area contributed by atoms with Crippen molar-refractivity contribution in [2.75, 3.05) is 5.32 Å². The van der Waals surface area contributed by atoms with E-state index < -0.39 is 152 Å². The monoisotopic (exact) mass is 1330 g/mol. The first-order valence-electron chi connectivity index (χ1n) is 28.3. The first-order valence-corrected chi connectivity index (χ1v) is 29.5. The van der Waals surface area contributed by atoms with E-state index in [4.69, 9.17) is 49.6 Å². The molecule has 0 fully saturated rings. The lowest BCUT2D eigenvalue weighted by molar-refractivity contribution is -0.143. The molecule has 94 heavy (non-hydrogen) atoms. The maximum absolute atomic E-state index is 15.8. The molecule has 0 saturated carbocycles. The maximum Gasteiger partial charge on any atom is 0.330 e. The van der Waals surface area contributed by atoms with E-state index in [0.717, 1.165) is 60.7 Å². The molecule has 8 atom stereocenters. The van der Waals surface area contributed by atoms with Gasteiger partial charge in [-0.05, 0) is 137 Å². The van der Waals surface area contributed by atoms with Crippen LogP contribution in [0.5, 0.6) is 69.0 Å². The van der Waals surface area contributed by atoms with Crippen LogP contribution in [-0.2, 0) is 40.0 Å². The number of aliphatic hydroxyl groups is 1. The van der Waals surface area contributed by atoms with Gasteiger partial charge < -0.3 is 97.6 Å². The first-order chi connectivity index (χ1) is 44.9. The van der Waals surface area contributed by atoms with Gasteiger partial charge in [0.15, 0.2) is 34.2 Å². The van der Waals surface area contributed by atoms with Crippen LogP contribution in [-0.4, -0.2) is 99.5 Å². The molecule has 0 spiro atoms. The molecule has 0 unspecified atom stereocenters. The number of anilines is 1. The van der Waals surface area contributed by atoms with Crippen molar-refractivity contribution in [2.45, 2.75) is 54.8 Å². The van der Waals surface area contributed by atoms with Gasteiger partial charge in [0.05, 0.1) is 10.0 Å². The average Bonchev–Trinajstić information content (AvgIpc) is 0.823. The maximum atomic E-state index is 15.8. The van der Waals surface area contributed by atoms with E-state index in [1.165, 1.54) is 54.6 Å². The summed E-state index contributed by atoms with van der Waals surface area (Å²) < 4.78 is 18.7. The molecule has 0 saturated heterocycles. The number of carboxylic acid groups (broad SMARTS) is 1. The Bertz CT molecular complexity index is 4530. The number of aromatic hydroxyl groups is 6. The van der Waals surface area contributed by atoms with Crippen molar-refractivity contribution in [3.63, 3.8) is 0 Å². The molecule has 6 heterocycles. The molecule has 478 valence electrons. The second-order valence-corrected chi connectivity index (χ2v) is 23.2. The number of amides is 6. The van der Waals surface area contributed by atoms with Crippen molar-refractivity contribution in [3.05, 3.63) is 195 Å². The second-order valence-electron chi connectivity index (χ2n) is 22.0. The number of phenols is 6. The molecular formula is C65H50Cl2N8O18S. The molecule has 0 radical (unpaired) electrons. The van der Waals surface area contributed by atoms with Gasteiger partial charge in [0.1, 0.15) is 82.6 Å². The number of hydrogen-bond donors (Lipinski definition) is 16. The Labute approximate surface area is 545 Å². The SMILES string of the molecule is O=C1N[C@H]2C(=O)N[C@H]3C(=O)N[C@H](C(=O)N[C@H](C(=O)O)c4cc(O)cc(O)c4-c4cc3ccc4O)[C@H](O)c3ccc(c(Cl)c3)Oc3cc2cc(c3O)Oc2ccc(cc2Cl)C[C@H]2NC(=O)[C@@H](NC(=S)Nc3ccccc3)c3ccc(O)c(c3)Oc3cc(O)cc(c3)[C@@H]1NC2=O. The third-order valence-electron chi connectivity index (χ3n) is 15.7. The minimum atomic E-state index is -2.21. The Kier molecular flexibility index (Phi) is 16.9. The quantitative estimate of drug-likeness (QED) is 0.0790. The number of rotatable bonds is 3. The zero-order chi connectivity index (χ0) is 66.5. The standard InChI is InChI=1S/C65H50Cl2N8O18S/c66-38-14-26-6-12-44(38)92-47-21-31-22-48(57(47)82)93-45-13-9-29(19-39(45)67)56(81)55-63(88)73-54(64(89)90)37-24-34(77)25-43(80)49(37)36-18-27(7-10-41(36)78)50(60(85)74-55)71-62(87)53(31)72-61(86)52-30-16-33(76)23-35(17-30)91-46-20-28(8-11-42(46)79)51(59(84)69-40(15-26)58(83)70-52)75-65(94)68-32-4-2-1-3-5-32/h1-14,16-25,40,50-56,76-82H,15H2,(H,69,84)(H,70,83)(H,71,87)(H,72,86)(H,73,88)(H,74,85)(H,89,90)(H2,68,75,94)/t40-,50-,51+,52+,53-,54+,55+,56-/m1/s1.